The van der Waals surface area contributed by atoms with Crippen LogP contribution in [0.5, 0.6) is 5.75 Å². The number of anilines is 1. The van der Waals surface area contributed by atoms with Gasteiger partial charge in [-0.3, -0.25) is 9.59 Å². The van der Waals surface area contributed by atoms with Gasteiger partial charge in [0.2, 0.25) is 0 Å². The summed E-state index contributed by atoms with van der Waals surface area (Å²) in [6, 6.07) is 8.13. The van der Waals surface area contributed by atoms with Gasteiger partial charge in [0, 0.05) is 7.05 Å². The van der Waals surface area contributed by atoms with Crippen molar-refractivity contribution in [2.24, 2.45) is 0 Å². The lowest BCUT2D eigenvalue weighted by atomic mass is 10.1. The van der Waals surface area contributed by atoms with Crippen LogP contribution in [0.25, 0.3) is 0 Å². The Labute approximate surface area is 194 Å². The Morgan fingerprint density at radius 3 is 2.39 bits per heavy atom. The molecule has 1 aromatic heterocycles. The van der Waals surface area contributed by atoms with E-state index in [0.29, 0.717) is 16.9 Å². The van der Waals surface area contributed by atoms with Gasteiger partial charge in [-0.1, -0.05) is 0 Å². The number of carbonyl (C=O) groups excluding carboxylic acids is 4. The van der Waals surface area contributed by atoms with Gasteiger partial charge in [0.05, 0.1) is 28.7 Å². The molecule has 1 unspecified atom stereocenters. The second kappa shape index (κ2) is 11.6. The molecule has 0 aliphatic carbocycles. The molecule has 0 aliphatic heterocycles. The van der Waals surface area contributed by atoms with Gasteiger partial charge in [-0.05, 0) is 50.6 Å². The second-order valence-corrected chi connectivity index (χ2v) is 7.63. The minimum atomic E-state index is -1.01. The third-order valence-corrected chi connectivity index (χ3v) is 5.49. The molecule has 0 saturated carbocycles. The van der Waals surface area contributed by atoms with Gasteiger partial charge in [-0.2, -0.15) is 5.26 Å². The van der Waals surface area contributed by atoms with E-state index in [2.05, 4.69) is 10.6 Å². The van der Waals surface area contributed by atoms with Gasteiger partial charge in [-0.15, -0.1) is 11.3 Å². The molecule has 11 heteroatoms. The third-order valence-electron chi connectivity index (χ3n) is 4.29. The molecule has 33 heavy (non-hydrogen) atoms. The minimum absolute atomic E-state index is 0.0673. The van der Waals surface area contributed by atoms with E-state index in [-0.39, 0.29) is 22.0 Å². The lowest BCUT2D eigenvalue weighted by molar-refractivity contribution is -0.153. The molecule has 0 spiro atoms. The topological polar surface area (TPSA) is 144 Å². The Bertz CT molecular complexity index is 1090. The summed E-state index contributed by atoms with van der Waals surface area (Å²) in [7, 11) is 1.45. The van der Waals surface area contributed by atoms with E-state index in [1.165, 1.54) is 38.2 Å². The number of benzene rings is 1. The van der Waals surface area contributed by atoms with Crippen molar-refractivity contribution < 1.29 is 33.4 Å². The summed E-state index contributed by atoms with van der Waals surface area (Å²) in [5.74, 6) is -2.22. The van der Waals surface area contributed by atoms with Crippen LogP contribution >= 0.6 is 11.3 Å². The fourth-order valence-corrected chi connectivity index (χ4v) is 3.82. The summed E-state index contributed by atoms with van der Waals surface area (Å²) in [6.07, 6.45) is -1.01. The Morgan fingerprint density at radius 1 is 1.15 bits per heavy atom. The van der Waals surface area contributed by atoms with Gasteiger partial charge in [0.1, 0.15) is 10.8 Å². The molecule has 2 rings (SSSR count). The first-order chi connectivity index (χ1) is 15.7. The Balaban J connectivity index is 2.03. The van der Waals surface area contributed by atoms with Gasteiger partial charge >= 0.3 is 11.9 Å². The van der Waals surface area contributed by atoms with Crippen LogP contribution in [0.2, 0.25) is 0 Å². The third kappa shape index (κ3) is 6.54. The van der Waals surface area contributed by atoms with Crippen molar-refractivity contribution in [3.8, 4) is 11.8 Å². The number of thiophene rings is 1. The van der Waals surface area contributed by atoms with E-state index in [0.717, 1.165) is 11.3 Å². The van der Waals surface area contributed by atoms with Gasteiger partial charge < -0.3 is 24.8 Å². The molecule has 2 N–H and O–H groups in total. The maximum Gasteiger partial charge on any atom is 0.347 e. The molecule has 0 aliphatic rings. The number of nitriles is 1. The highest BCUT2D eigenvalue weighted by Crippen LogP contribution is 2.33. The van der Waals surface area contributed by atoms with Crippen molar-refractivity contribution in [1.82, 2.24) is 5.32 Å². The van der Waals surface area contributed by atoms with E-state index in [9.17, 15) is 19.2 Å². The SMILES string of the molecule is CCOC(=O)c1c(NC(=O)COC(=O)C(C)Oc2ccc(C#N)cc2)sc(C(=O)NC)c1C. The van der Waals surface area contributed by atoms with Crippen LogP contribution in [0, 0.1) is 18.3 Å². The molecule has 174 valence electrons. The normalized spacial score (nSPS) is 11.0. The van der Waals surface area contributed by atoms with Crippen LogP contribution in [0.3, 0.4) is 0 Å². The quantitative estimate of drug-likeness (QED) is 0.529. The van der Waals surface area contributed by atoms with Crippen LogP contribution < -0.4 is 15.4 Å². The maximum atomic E-state index is 12.4. The van der Waals surface area contributed by atoms with E-state index >= 15 is 0 Å². The molecule has 2 aromatic rings. The van der Waals surface area contributed by atoms with Crippen molar-refractivity contribution in [1.29, 1.82) is 5.26 Å². The largest absolute Gasteiger partial charge is 0.479 e. The molecule has 1 heterocycles. The lowest BCUT2D eigenvalue weighted by Gasteiger charge is -2.14. The van der Waals surface area contributed by atoms with E-state index in [1.54, 1.807) is 13.8 Å². The first-order valence-corrected chi connectivity index (χ1v) is 10.7. The number of esters is 2. The number of amides is 2. The number of rotatable bonds is 9. The van der Waals surface area contributed by atoms with Crippen LogP contribution in [0.4, 0.5) is 5.00 Å². The summed E-state index contributed by atoms with van der Waals surface area (Å²) >= 11 is 0.914. The first kappa shape index (κ1) is 25.4. The standard InChI is InChI=1S/C22H23N3O7S/c1-5-30-22(29)17-12(2)18(19(27)24-4)33-20(17)25-16(26)11-31-21(28)13(3)32-15-8-6-14(10-23)7-9-15/h6-9,13H,5,11H2,1-4H3,(H,24,27)(H,25,26). The summed E-state index contributed by atoms with van der Waals surface area (Å²) in [5, 5.41) is 13.9. The molecule has 0 saturated heterocycles. The van der Waals surface area contributed by atoms with Crippen LogP contribution in [0.1, 0.15) is 45.0 Å². The predicted molar refractivity (Wildman–Crippen MR) is 119 cm³/mol. The average Bonchev–Trinajstić information content (AvgIpc) is 3.13. The van der Waals surface area contributed by atoms with Crippen LogP contribution in [-0.4, -0.2) is 50.1 Å². The van der Waals surface area contributed by atoms with E-state index in [4.69, 9.17) is 19.5 Å². The van der Waals surface area contributed by atoms with Gasteiger partial charge in [0.25, 0.3) is 11.8 Å². The van der Waals surface area contributed by atoms with E-state index < -0.39 is 36.5 Å². The number of ether oxygens (including phenoxy) is 3. The minimum Gasteiger partial charge on any atom is -0.479 e. The number of hydrogen-bond acceptors (Lipinski definition) is 9. The van der Waals surface area contributed by atoms with Crippen molar-refractivity contribution >= 4 is 40.1 Å². The predicted octanol–water partition coefficient (Wildman–Crippen LogP) is 2.41. The highest BCUT2D eigenvalue weighted by molar-refractivity contribution is 7.18. The van der Waals surface area contributed by atoms with Crippen LogP contribution in [0.15, 0.2) is 24.3 Å². The molecule has 0 fully saturated rings. The van der Waals surface area contributed by atoms with Gasteiger partial charge in [-0.25, -0.2) is 9.59 Å². The fraction of sp³-hybridized carbons (Fsp3) is 0.318. The summed E-state index contributed by atoms with van der Waals surface area (Å²) in [6.45, 7) is 4.15. The molecule has 1 aromatic carbocycles. The van der Waals surface area contributed by atoms with Gasteiger partial charge in [0.15, 0.2) is 12.7 Å². The zero-order valence-corrected chi connectivity index (χ0v) is 19.3. The average molecular weight is 474 g/mol. The van der Waals surface area contributed by atoms with Crippen LogP contribution in [-0.2, 0) is 19.1 Å². The molecule has 10 nitrogen and oxygen atoms in total. The number of hydrogen-bond donors (Lipinski definition) is 2. The highest BCUT2D eigenvalue weighted by Gasteiger charge is 2.27. The number of nitrogens with one attached hydrogen (secondary N) is 2. The van der Waals surface area contributed by atoms with E-state index in [1.807, 2.05) is 6.07 Å². The fourth-order valence-electron chi connectivity index (χ4n) is 2.66. The smallest absolute Gasteiger partial charge is 0.347 e. The molecule has 0 radical (unpaired) electrons. The Morgan fingerprint density at radius 2 is 1.82 bits per heavy atom. The molecule has 2 amide bonds. The number of nitrogens with zero attached hydrogens (tertiary/aromatic N) is 1. The molecule has 0 bridgehead atoms. The highest BCUT2D eigenvalue weighted by atomic mass is 32.1. The monoisotopic (exact) mass is 473 g/mol. The maximum absolute atomic E-state index is 12.4. The first-order valence-electron chi connectivity index (χ1n) is 9.87. The van der Waals surface area contributed by atoms with Crippen molar-refractivity contribution in [2.45, 2.75) is 26.9 Å². The molecular weight excluding hydrogens is 450 g/mol. The summed E-state index contributed by atoms with van der Waals surface area (Å²) < 4.78 is 15.5. The Hall–Kier alpha value is -3.91. The summed E-state index contributed by atoms with van der Waals surface area (Å²) in [4.78, 5) is 49.2. The Kier molecular flexibility index (Phi) is 8.94. The second-order valence-electron chi connectivity index (χ2n) is 6.61. The lowest BCUT2D eigenvalue weighted by Crippen LogP contribution is -2.29. The molecular formula is C22H23N3O7S. The zero-order chi connectivity index (χ0) is 24.5. The molecule has 1 atom stereocenters. The van der Waals surface area contributed by atoms with Crippen molar-refractivity contribution in [2.75, 3.05) is 25.6 Å². The van der Waals surface area contributed by atoms with Crippen molar-refractivity contribution in [3.63, 3.8) is 0 Å². The number of carbonyl (C=O) groups is 4. The zero-order valence-electron chi connectivity index (χ0n) is 18.5. The summed E-state index contributed by atoms with van der Waals surface area (Å²) in [5.41, 5.74) is 0.881. The van der Waals surface area contributed by atoms with Crippen molar-refractivity contribution in [3.05, 3.63) is 45.8 Å².